The molecule has 3 aliphatic rings. The van der Waals surface area contributed by atoms with E-state index in [-0.39, 0.29) is 36.7 Å². The number of rotatable bonds is 5. The predicted molar refractivity (Wildman–Crippen MR) is 93.0 cm³/mol. The van der Waals surface area contributed by atoms with Gasteiger partial charge < -0.3 is 15.3 Å². The minimum atomic E-state index is -0.804. The lowest BCUT2D eigenvalue weighted by Gasteiger charge is -2.59. The lowest BCUT2D eigenvalue weighted by Crippen LogP contribution is -2.52. The number of hydrogen-bond donors (Lipinski definition) is 3. The van der Waals surface area contributed by atoms with Crippen LogP contribution in [0.3, 0.4) is 0 Å². The van der Waals surface area contributed by atoms with Crippen LogP contribution in [0.2, 0.25) is 0 Å². The quantitative estimate of drug-likeness (QED) is 0.705. The molecule has 0 saturated heterocycles. The van der Waals surface area contributed by atoms with Crippen LogP contribution in [0.15, 0.2) is 0 Å². The summed E-state index contributed by atoms with van der Waals surface area (Å²) in [6.07, 6.45) is 7.50. The standard InChI is InChI=1S/C20H32O5/c1-20-7-6-12(11-21)8-14(20)3-4-15-16(10-19(24)25)13(9-18(22)23)2-5-17(15)20/h12-17,21H,2-11H2,1H3,(H,22,23)(H,24,25)/t12-,13-,14+,15+,16-,17+,20+/m0/s1. The molecule has 5 nitrogen and oxygen atoms in total. The molecule has 0 aliphatic heterocycles. The summed E-state index contributed by atoms with van der Waals surface area (Å²) in [4.78, 5) is 22.7. The average Bonchev–Trinajstić information content (AvgIpc) is 2.55. The van der Waals surface area contributed by atoms with E-state index in [1.165, 1.54) is 0 Å². The van der Waals surface area contributed by atoms with E-state index in [0.29, 0.717) is 23.7 Å². The molecule has 3 aliphatic carbocycles. The second kappa shape index (κ2) is 7.26. The highest BCUT2D eigenvalue weighted by Crippen LogP contribution is 2.62. The van der Waals surface area contributed by atoms with Crippen LogP contribution in [0.4, 0.5) is 0 Å². The molecule has 25 heavy (non-hydrogen) atoms. The smallest absolute Gasteiger partial charge is 0.303 e. The number of carbonyl (C=O) groups is 2. The van der Waals surface area contributed by atoms with Gasteiger partial charge in [-0.05, 0) is 85.9 Å². The van der Waals surface area contributed by atoms with Crippen molar-refractivity contribution in [1.29, 1.82) is 0 Å². The molecule has 0 bridgehead atoms. The monoisotopic (exact) mass is 352 g/mol. The first-order valence-electron chi connectivity index (χ1n) is 9.89. The van der Waals surface area contributed by atoms with Crippen molar-refractivity contribution in [1.82, 2.24) is 0 Å². The molecule has 0 unspecified atom stereocenters. The maximum Gasteiger partial charge on any atom is 0.303 e. The number of aliphatic hydroxyl groups is 1. The Morgan fingerprint density at radius 1 is 1.00 bits per heavy atom. The molecule has 142 valence electrons. The molecule has 0 aromatic rings. The van der Waals surface area contributed by atoms with Crippen molar-refractivity contribution in [2.45, 2.75) is 64.7 Å². The van der Waals surface area contributed by atoms with Gasteiger partial charge in [-0.25, -0.2) is 0 Å². The maximum absolute atomic E-state index is 11.4. The largest absolute Gasteiger partial charge is 0.481 e. The molecule has 3 saturated carbocycles. The Bertz CT molecular complexity index is 518. The third-order valence-corrected chi connectivity index (χ3v) is 7.96. The number of hydrogen-bond acceptors (Lipinski definition) is 3. The van der Waals surface area contributed by atoms with Gasteiger partial charge in [0.1, 0.15) is 0 Å². The van der Waals surface area contributed by atoms with Gasteiger partial charge in [-0.3, -0.25) is 9.59 Å². The topological polar surface area (TPSA) is 94.8 Å². The van der Waals surface area contributed by atoms with E-state index in [4.69, 9.17) is 0 Å². The molecule has 3 rings (SSSR count). The Labute approximate surface area is 149 Å². The van der Waals surface area contributed by atoms with Crippen LogP contribution in [-0.2, 0) is 9.59 Å². The molecule has 0 aromatic heterocycles. The van der Waals surface area contributed by atoms with E-state index in [9.17, 15) is 24.9 Å². The minimum Gasteiger partial charge on any atom is -0.481 e. The first-order chi connectivity index (χ1) is 11.8. The van der Waals surface area contributed by atoms with Crippen molar-refractivity contribution in [2.75, 3.05) is 6.61 Å². The number of carboxylic acids is 2. The predicted octanol–water partition coefficient (Wildman–Crippen LogP) is 3.40. The summed E-state index contributed by atoms with van der Waals surface area (Å²) in [6, 6.07) is 0. The highest BCUT2D eigenvalue weighted by molar-refractivity contribution is 5.69. The molecule has 0 amide bonds. The highest BCUT2D eigenvalue weighted by atomic mass is 16.4. The normalized spacial score (nSPS) is 43.8. The van der Waals surface area contributed by atoms with Crippen LogP contribution >= 0.6 is 0 Å². The number of carboxylic acid groups (broad SMARTS) is 2. The van der Waals surface area contributed by atoms with Crippen LogP contribution in [0.1, 0.15) is 64.7 Å². The zero-order valence-corrected chi connectivity index (χ0v) is 15.2. The summed E-state index contributed by atoms with van der Waals surface area (Å²) in [7, 11) is 0. The number of aliphatic carboxylic acids is 2. The van der Waals surface area contributed by atoms with Crippen molar-refractivity contribution < 1.29 is 24.9 Å². The Kier molecular flexibility index (Phi) is 5.42. The van der Waals surface area contributed by atoms with Crippen LogP contribution in [0.5, 0.6) is 0 Å². The van der Waals surface area contributed by atoms with E-state index in [1.54, 1.807) is 0 Å². The van der Waals surface area contributed by atoms with Gasteiger partial charge in [0, 0.05) is 19.4 Å². The Morgan fingerprint density at radius 3 is 2.36 bits per heavy atom. The zero-order chi connectivity index (χ0) is 18.2. The summed E-state index contributed by atoms with van der Waals surface area (Å²) >= 11 is 0. The van der Waals surface area contributed by atoms with Crippen molar-refractivity contribution in [3.63, 3.8) is 0 Å². The van der Waals surface area contributed by atoms with Gasteiger partial charge in [0.2, 0.25) is 0 Å². The van der Waals surface area contributed by atoms with Crippen LogP contribution in [-0.4, -0.2) is 33.9 Å². The van der Waals surface area contributed by atoms with E-state index >= 15 is 0 Å². The summed E-state index contributed by atoms with van der Waals surface area (Å²) < 4.78 is 0. The highest BCUT2D eigenvalue weighted by Gasteiger charge is 2.54. The molecule has 0 spiro atoms. The van der Waals surface area contributed by atoms with Gasteiger partial charge in [-0.1, -0.05) is 6.92 Å². The van der Waals surface area contributed by atoms with Crippen LogP contribution in [0, 0.1) is 40.9 Å². The van der Waals surface area contributed by atoms with Crippen molar-refractivity contribution >= 4 is 11.9 Å². The van der Waals surface area contributed by atoms with Crippen molar-refractivity contribution in [3.8, 4) is 0 Å². The summed E-state index contributed by atoms with van der Waals surface area (Å²) in [5, 5.41) is 28.2. The van der Waals surface area contributed by atoms with Gasteiger partial charge in [0.25, 0.3) is 0 Å². The van der Waals surface area contributed by atoms with Crippen LogP contribution in [0.25, 0.3) is 0 Å². The van der Waals surface area contributed by atoms with Gasteiger partial charge in [-0.2, -0.15) is 0 Å². The van der Waals surface area contributed by atoms with E-state index < -0.39 is 11.9 Å². The van der Waals surface area contributed by atoms with Crippen molar-refractivity contribution in [2.24, 2.45) is 40.9 Å². The Hall–Kier alpha value is -1.10. The molecular formula is C20H32O5. The molecule has 7 atom stereocenters. The number of aliphatic hydroxyl groups excluding tert-OH is 1. The first-order valence-corrected chi connectivity index (χ1v) is 9.89. The minimum absolute atomic E-state index is 0.000639. The van der Waals surface area contributed by atoms with Gasteiger partial charge in [-0.15, -0.1) is 0 Å². The molecule has 0 heterocycles. The lowest BCUT2D eigenvalue weighted by molar-refractivity contribution is -0.149. The van der Waals surface area contributed by atoms with Crippen molar-refractivity contribution in [3.05, 3.63) is 0 Å². The molecule has 5 heteroatoms. The van der Waals surface area contributed by atoms with Gasteiger partial charge in [0.05, 0.1) is 0 Å². The molecule has 3 N–H and O–H groups in total. The Balaban J connectivity index is 1.81. The second-order valence-electron chi connectivity index (χ2n) is 9.07. The van der Waals surface area contributed by atoms with Gasteiger partial charge in [0.15, 0.2) is 0 Å². The third kappa shape index (κ3) is 3.57. The summed E-state index contributed by atoms with van der Waals surface area (Å²) in [5.74, 6) is 0.319. The van der Waals surface area contributed by atoms with Gasteiger partial charge >= 0.3 is 11.9 Å². The number of fused-ring (bicyclic) bond motifs is 3. The fraction of sp³-hybridized carbons (Fsp3) is 0.900. The average molecular weight is 352 g/mol. The fourth-order valence-corrected chi connectivity index (χ4v) is 6.71. The Morgan fingerprint density at radius 2 is 1.72 bits per heavy atom. The van der Waals surface area contributed by atoms with Crippen LogP contribution < -0.4 is 0 Å². The molecular weight excluding hydrogens is 320 g/mol. The SMILES string of the molecule is C[C@@]12CC[C@H](CO)C[C@H]1CC[C@@H]1[C@@H](CC(=O)O)[C@H](CC(=O)O)CC[C@H]12. The van der Waals surface area contributed by atoms with E-state index in [2.05, 4.69) is 6.92 Å². The lowest BCUT2D eigenvalue weighted by atomic mass is 9.46. The van der Waals surface area contributed by atoms with E-state index in [1.807, 2.05) is 0 Å². The van der Waals surface area contributed by atoms with E-state index in [0.717, 1.165) is 44.9 Å². The second-order valence-corrected chi connectivity index (χ2v) is 9.07. The first kappa shape index (κ1) is 18.7. The summed E-state index contributed by atoms with van der Waals surface area (Å²) in [5.41, 5.74) is 0.236. The molecule has 3 fully saturated rings. The molecule has 0 radical (unpaired) electrons. The third-order valence-electron chi connectivity index (χ3n) is 7.96. The molecule has 0 aromatic carbocycles. The maximum atomic E-state index is 11.4. The zero-order valence-electron chi connectivity index (χ0n) is 15.2. The fourth-order valence-electron chi connectivity index (χ4n) is 6.71. The summed E-state index contributed by atoms with van der Waals surface area (Å²) in [6.45, 7) is 2.67.